The molecule has 2 heterocycles. The number of hydrogen-bond acceptors (Lipinski definition) is 3. The number of imidazole rings is 1. The fourth-order valence-corrected chi connectivity index (χ4v) is 5.66. The van der Waals surface area contributed by atoms with Gasteiger partial charge in [-0.15, -0.1) is 0 Å². The molecule has 3 aromatic rings. The number of aromatic nitrogens is 2. The van der Waals surface area contributed by atoms with Gasteiger partial charge in [0.05, 0.1) is 16.3 Å². The van der Waals surface area contributed by atoms with Gasteiger partial charge in [0.2, 0.25) is 0 Å². The first-order valence-electron chi connectivity index (χ1n) is 9.61. The molecule has 6 heteroatoms. The van der Waals surface area contributed by atoms with Gasteiger partial charge in [0.25, 0.3) is 10.0 Å². The van der Waals surface area contributed by atoms with Crippen molar-refractivity contribution in [3.05, 3.63) is 65.1 Å². The molecule has 4 rings (SSSR count). The van der Waals surface area contributed by atoms with Crippen LogP contribution in [0, 0.1) is 20.8 Å². The molecule has 28 heavy (non-hydrogen) atoms. The zero-order chi connectivity index (χ0) is 19.9. The molecule has 0 saturated carbocycles. The van der Waals surface area contributed by atoms with Crippen LogP contribution in [0.3, 0.4) is 0 Å². The molecule has 0 amide bonds. The van der Waals surface area contributed by atoms with E-state index in [1.54, 1.807) is 6.07 Å². The number of sulfonamides is 1. The van der Waals surface area contributed by atoms with E-state index in [0.717, 1.165) is 59.6 Å². The number of benzene rings is 2. The van der Waals surface area contributed by atoms with Gasteiger partial charge in [0, 0.05) is 24.7 Å². The molecule has 146 valence electrons. The fraction of sp³-hybridized carbons (Fsp3) is 0.318. The maximum atomic E-state index is 13.2. The van der Waals surface area contributed by atoms with Crippen LogP contribution in [0.2, 0.25) is 0 Å². The highest BCUT2D eigenvalue weighted by molar-refractivity contribution is 7.92. The Hall–Kier alpha value is -2.60. The SMILES string of the molecule is Cc1cc(C)c(S(=O)(=O)Nc2ccccc2-c2cn3c(n2)CCCC3)c(C)c1. The molecule has 1 N–H and O–H groups in total. The van der Waals surface area contributed by atoms with Crippen molar-refractivity contribution >= 4 is 15.7 Å². The van der Waals surface area contributed by atoms with Crippen LogP contribution in [-0.2, 0) is 23.0 Å². The summed E-state index contributed by atoms with van der Waals surface area (Å²) in [7, 11) is -3.71. The topological polar surface area (TPSA) is 64.0 Å². The minimum atomic E-state index is -3.71. The number of rotatable bonds is 4. The van der Waals surface area contributed by atoms with Crippen molar-refractivity contribution in [2.45, 2.75) is 51.5 Å². The molecule has 1 aliphatic rings. The van der Waals surface area contributed by atoms with Gasteiger partial charge in [-0.1, -0.05) is 35.9 Å². The minimum Gasteiger partial charge on any atom is -0.334 e. The second kappa shape index (κ2) is 7.09. The van der Waals surface area contributed by atoms with E-state index in [1.165, 1.54) is 0 Å². The Bertz CT molecular complexity index is 1100. The van der Waals surface area contributed by atoms with Gasteiger partial charge in [0.15, 0.2) is 0 Å². The maximum Gasteiger partial charge on any atom is 0.262 e. The second-order valence-corrected chi connectivity index (χ2v) is 9.19. The average Bonchev–Trinajstić information content (AvgIpc) is 3.04. The zero-order valence-corrected chi connectivity index (χ0v) is 17.3. The van der Waals surface area contributed by atoms with Crippen LogP contribution in [0.1, 0.15) is 35.4 Å². The predicted molar refractivity (Wildman–Crippen MR) is 112 cm³/mol. The number of anilines is 1. The smallest absolute Gasteiger partial charge is 0.262 e. The third kappa shape index (κ3) is 3.44. The summed E-state index contributed by atoms with van der Waals surface area (Å²) in [5, 5.41) is 0. The first-order valence-corrected chi connectivity index (χ1v) is 11.1. The minimum absolute atomic E-state index is 0.344. The normalized spacial score (nSPS) is 14.0. The summed E-state index contributed by atoms with van der Waals surface area (Å²) in [4.78, 5) is 5.10. The summed E-state index contributed by atoms with van der Waals surface area (Å²) in [5.41, 5.74) is 4.72. The van der Waals surface area contributed by atoms with E-state index in [9.17, 15) is 8.42 Å². The summed E-state index contributed by atoms with van der Waals surface area (Å²) < 4.78 is 31.4. The Kier molecular flexibility index (Phi) is 4.75. The van der Waals surface area contributed by atoms with E-state index in [4.69, 9.17) is 4.98 Å². The van der Waals surface area contributed by atoms with Crippen LogP contribution in [0.4, 0.5) is 5.69 Å². The molecule has 0 bridgehead atoms. The number of para-hydroxylation sites is 1. The van der Waals surface area contributed by atoms with E-state index in [1.807, 2.05) is 57.3 Å². The molecule has 1 aromatic heterocycles. The van der Waals surface area contributed by atoms with E-state index in [-0.39, 0.29) is 0 Å². The molecule has 0 aliphatic carbocycles. The van der Waals surface area contributed by atoms with E-state index in [2.05, 4.69) is 9.29 Å². The molecule has 0 atom stereocenters. The molecular weight excluding hydrogens is 370 g/mol. The molecule has 2 aromatic carbocycles. The van der Waals surface area contributed by atoms with Gasteiger partial charge in [-0.3, -0.25) is 4.72 Å². The van der Waals surface area contributed by atoms with Gasteiger partial charge in [-0.2, -0.15) is 0 Å². The Balaban J connectivity index is 1.75. The van der Waals surface area contributed by atoms with Crippen LogP contribution in [0.25, 0.3) is 11.3 Å². The molecule has 1 aliphatic heterocycles. The van der Waals surface area contributed by atoms with Gasteiger partial charge >= 0.3 is 0 Å². The van der Waals surface area contributed by atoms with Crippen LogP contribution >= 0.6 is 0 Å². The number of nitrogens with one attached hydrogen (secondary N) is 1. The first kappa shape index (κ1) is 18.7. The first-order chi connectivity index (χ1) is 13.3. The van der Waals surface area contributed by atoms with Crippen LogP contribution in [0.15, 0.2) is 47.5 Å². The van der Waals surface area contributed by atoms with Crippen molar-refractivity contribution in [1.82, 2.24) is 9.55 Å². The monoisotopic (exact) mass is 395 g/mol. The number of aryl methyl sites for hydroxylation is 5. The van der Waals surface area contributed by atoms with Crippen molar-refractivity contribution in [1.29, 1.82) is 0 Å². The number of fused-ring (bicyclic) bond motifs is 1. The molecule has 0 saturated heterocycles. The van der Waals surface area contributed by atoms with Gasteiger partial charge in [0.1, 0.15) is 5.82 Å². The third-order valence-corrected chi connectivity index (χ3v) is 6.90. The van der Waals surface area contributed by atoms with Crippen LogP contribution < -0.4 is 4.72 Å². The Morgan fingerprint density at radius 2 is 1.75 bits per heavy atom. The van der Waals surface area contributed by atoms with Gasteiger partial charge in [-0.25, -0.2) is 13.4 Å². The number of hydrogen-bond donors (Lipinski definition) is 1. The van der Waals surface area contributed by atoms with Crippen molar-refractivity contribution in [3.63, 3.8) is 0 Å². The third-order valence-electron chi connectivity index (χ3n) is 5.23. The van der Waals surface area contributed by atoms with E-state index >= 15 is 0 Å². The lowest BCUT2D eigenvalue weighted by atomic mass is 10.1. The predicted octanol–water partition coefficient (Wildman–Crippen LogP) is 4.61. The largest absolute Gasteiger partial charge is 0.334 e. The molecule has 5 nitrogen and oxygen atoms in total. The van der Waals surface area contributed by atoms with Crippen LogP contribution in [-0.4, -0.2) is 18.0 Å². The summed E-state index contributed by atoms with van der Waals surface area (Å²) in [5.74, 6) is 1.07. The standard InChI is InChI=1S/C22H25N3O2S/c1-15-12-16(2)22(17(3)13-15)28(26,27)24-19-9-5-4-8-18(19)20-14-25-11-7-6-10-21(25)23-20/h4-5,8-9,12-14,24H,6-7,10-11H2,1-3H3. The van der Waals surface area contributed by atoms with Crippen molar-refractivity contribution < 1.29 is 8.42 Å². The van der Waals surface area contributed by atoms with Crippen molar-refractivity contribution in [2.24, 2.45) is 0 Å². The summed E-state index contributed by atoms with van der Waals surface area (Å²) in [6.45, 7) is 6.62. The molecule has 0 unspecified atom stereocenters. The highest BCUT2D eigenvalue weighted by atomic mass is 32.2. The highest BCUT2D eigenvalue weighted by Crippen LogP contribution is 2.31. The Labute approximate surface area is 166 Å². The van der Waals surface area contributed by atoms with Gasteiger partial charge in [-0.05, 0) is 50.8 Å². The van der Waals surface area contributed by atoms with Crippen molar-refractivity contribution in [2.75, 3.05) is 4.72 Å². The summed E-state index contributed by atoms with van der Waals surface area (Å²) in [6.07, 6.45) is 5.30. The van der Waals surface area contributed by atoms with Gasteiger partial charge < -0.3 is 4.57 Å². The molecule has 0 fully saturated rings. The van der Waals surface area contributed by atoms with E-state index in [0.29, 0.717) is 10.6 Å². The lowest BCUT2D eigenvalue weighted by molar-refractivity contribution is 0.522. The van der Waals surface area contributed by atoms with Crippen molar-refractivity contribution in [3.8, 4) is 11.3 Å². The highest BCUT2D eigenvalue weighted by Gasteiger charge is 2.22. The lowest BCUT2D eigenvalue weighted by Gasteiger charge is -2.15. The Morgan fingerprint density at radius 3 is 2.46 bits per heavy atom. The Morgan fingerprint density at radius 1 is 1.04 bits per heavy atom. The number of nitrogens with zero attached hydrogens (tertiary/aromatic N) is 2. The summed E-state index contributed by atoms with van der Waals surface area (Å²) >= 11 is 0. The zero-order valence-electron chi connectivity index (χ0n) is 16.5. The van der Waals surface area contributed by atoms with E-state index < -0.39 is 10.0 Å². The fourth-order valence-electron chi connectivity index (χ4n) is 4.12. The molecular formula is C22H25N3O2S. The summed E-state index contributed by atoms with van der Waals surface area (Å²) in [6, 6.07) is 11.3. The lowest BCUT2D eigenvalue weighted by Crippen LogP contribution is -2.16. The average molecular weight is 396 g/mol. The second-order valence-electron chi connectivity index (χ2n) is 7.57. The quantitative estimate of drug-likeness (QED) is 0.701. The molecule has 0 spiro atoms. The maximum absolute atomic E-state index is 13.2. The van der Waals surface area contributed by atoms with Crippen LogP contribution in [0.5, 0.6) is 0 Å². The molecule has 0 radical (unpaired) electrons.